The number of carbonyl (C=O) groups is 2. The topological polar surface area (TPSA) is 93.5 Å². The van der Waals surface area contributed by atoms with Crippen LogP contribution in [0.15, 0.2) is 42.6 Å². The van der Waals surface area contributed by atoms with Crippen molar-refractivity contribution in [1.82, 2.24) is 15.1 Å². The van der Waals surface area contributed by atoms with Gasteiger partial charge in [-0.05, 0) is 74.8 Å². The highest BCUT2D eigenvalue weighted by Crippen LogP contribution is 2.58. The minimum Gasteiger partial charge on any atom is -0.481 e. The molecule has 7 nitrogen and oxygen atoms in total. The van der Waals surface area contributed by atoms with Crippen molar-refractivity contribution in [1.29, 1.82) is 0 Å². The molecular weight excluding hydrogens is 480 g/mol. The highest BCUT2D eigenvalue weighted by molar-refractivity contribution is 6.07. The molecule has 2 N–H and O–H groups in total. The summed E-state index contributed by atoms with van der Waals surface area (Å²) in [6.45, 7) is 0.760. The highest BCUT2D eigenvalue weighted by Gasteiger charge is 2.55. The van der Waals surface area contributed by atoms with Crippen LogP contribution in [0.25, 0.3) is 10.9 Å². The molecule has 0 saturated heterocycles. The quantitative estimate of drug-likeness (QED) is 0.440. The van der Waals surface area contributed by atoms with Gasteiger partial charge >= 0.3 is 12.6 Å². The Morgan fingerprint density at radius 2 is 1.86 bits per heavy atom. The minimum absolute atomic E-state index is 0.00331. The summed E-state index contributed by atoms with van der Waals surface area (Å²) >= 11 is 0. The first kappa shape index (κ1) is 24.8. The molecule has 2 aliphatic rings. The predicted molar refractivity (Wildman–Crippen MR) is 132 cm³/mol. The van der Waals surface area contributed by atoms with Gasteiger partial charge in [-0.25, -0.2) is 0 Å². The number of fused-ring (bicyclic) bond motifs is 1. The Bertz CT molecular complexity index is 1410. The van der Waals surface area contributed by atoms with Crippen LogP contribution >= 0.6 is 0 Å². The molecule has 5 rings (SSSR count). The van der Waals surface area contributed by atoms with Crippen molar-refractivity contribution in [3.63, 3.8) is 0 Å². The molecule has 192 valence electrons. The number of nitrogens with zero attached hydrogens (tertiary/aromatic N) is 2. The van der Waals surface area contributed by atoms with Gasteiger partial charge in [0.2, 0.25) is 0 Å². The minimum atomic E-state index is -2.90. The van der Waals surface area contributed by atoms with Crippen LogP contribution in [-0.2, 0) is 4.79 Å². The lowest BCUT2D eigenvalue weighted by molar-refractivity contribution is -0.155. The van der Waals surface area contributed by atoms with Gasteiger partial charge in [0.05, 0.1) is 29.2 Å². The van der Waals surface area contributed by atoms with E-state index < -0.39 is 12.6 Å². The Kier molecular flexibility index (Phi) is 6.36. The molecule has 9 heteroatoms. The molecule has 1 aromatic heterocycles. The highest BCUT2D eigenvalue weighted by atomic mass is 19.3. The summed E-state index contributed by atoms with van der Waals surface area (Å²) in [5.41, 5.74) is 2.72. The van der Waals surface area contributed by atoms with Crippen LogP contribution in [0.2, 0.25) is 0 Å². The standard InChI is InChI=1S/C28H27F2N3O4/c1-3-4-18-7-10-22(25(34)32-20-13-28(14-20)11-19(12-28)26(35)36)24-23(18)15-31-33(24)16(2)17-5-8-21(9-6-17)37-27(29)30/h5-10,15-16,19-20,27H,11-14H2,1-2H3,(H,32,34)(H,35,36)/t16-,19?,20?,28?/m0/s1. The number of carbonyl (C=O) groups excluding carboxylic acids is 1. The summed E-state index contributed by atoms with van der Waals surface area (Å²) in [6.07, 6.45) is 4.61. The van der Waals surface area contributed by atoms with E-state index in [1.165, 1.54) is 12.1 Å². The maximum Gasteiger partial charge on any atom is 0.387 e. The number of alkyl halides is 2. The zero-order valence-corrected chi connectivity index (χ0v) is 20.5. The molecule has 2 aliphatic carbocycles. The maximum absolute atomic E-state index is 13.4. The Morgan fingerprint density at radius 1 is 1.16 bits per heavy atom. The third-order valence-electron chi connectivity index (χ3n) is 7.62. The number of rotatable bonds is 7. The third-order valence-corrected chi connectivity index (χ3v) is 7.62. The van der Waals surface area contributed by atoms with Gasteiger partial charge in [-0.2, -0.15) is 13.9 Å². The fourth-order valence-electron chi connectivity index (χ4n) is 5.80. The maximum atomic E-state index is 13.4. The molecule has 1 amide bonds. The summed E-state index contributed by atoms with van der Waals surface area (Å²) < 4.78 is 31.2. The largest absolute Gasteiger partial charge is 0.481 e. The molecule has 3 aromatic rings. The normalized spacial score (nSPS) is 23.1. The number of halogens is 2. The number of nitrogens with one attached hydrogen (secondary N) is 1. The number of hydrogen-bond acceptors (Lipinski definition) is 4. The summed E-state index contributed by atoms with van der Waals surface area (Å²) in [7, 11) is 0. The van der Waals surface area contributed by atoms with Gasteiger partial charge in [-0.1, -0.05) is 18.1 Å². The second-order valence-corrected chi connectivity index (χ2v) is 10.0. The van der Waals surface area contributed by atoms with Crippen molar-refractivity contribution in [2.45, 2.75) is 58.2 Å². The van der Waals surface area contributed by atoms with Crippen LogP contribution in [0.3, 0.4) is 0 Å². The van der Waals surface area contributed by atoms with Crippen molar-refractivity contribution in [3.05, 3.63) is 59.3 Å². The Balaban J connectivity index is 1.40. The molecule has 0 radical (unpaired) electrons. The average molecular weight is 508 g/mol. The number of amides is 1. The fraction of sp³-hybridized carbons (Fsp3) is 0.393. The number of ether oxygens (including phenoxy) is 1. The first-order valence-corrected chi connectivity index (χ1v) is 12.2. The van der Waals surface area contributed by atoms with Crippen molar-refractivity contribution >= 4 is 22.8 Å². The third kappa shape index (κ3) is 4.64. The summed E-state index contributed by atoms with van der Waals surface area (Å²) in [6, 6.07) is 9.62. The Hall–Kier alpha value is -3.93. The number of carboxylic acid groups (broad SMARTS) is 1. The van der Waals surface area contributed by atoms with Crippen molar-refractivity contribution in [2.75, 3.05) is 0 Å². The molecule has 37 heavy (non-hydrogen) atoms. The number of carboxylic acids is 1. The van der Waals surface area contributed by atoms with Crippen LogP contribution in [0.4, 0.5) is 8.78 Å². The Morgan fingerprint density at radius 3 is 2.49 bits per heavy atom. The molecule has 0 unspecified atom stereocenters. The summed E-state index contributed by atoms with van der Waals surface area (Å²) in [4.78, 5) is 24.6. The summed E-state index contributed by atoms with van der Waals surface area (Å²) in [5.74, 6) is 4.80. The van der Waals surface area contributed by atoms with Crippen LogP contribution in [0.1, 0.15) is 67.1 Å². The number of aliphatic carboxylic acids is 1. The lowest BCUT2D eigenvalue weighted by Gasteiger charge is -2.56. The molecule has 1 heterocycles. The van der Waals surface area contributed by atoms with Crippen LogP contribution in [-0.4, -0.2) is 39.4 Å². The second kappa shape index (κ2) is 9.51. The van der Waals surface area contributed by atoms with Gasteiger partial charge in [0, 0.05) is 17.0 Å². The first-order chi connectivity index (χ1) is 17.7. The Labute approximate surface area is 212 Å². The SMILES string of the molecule is CC#Cc1ccc(C(=O)NC2CC3(C2)CC(C(=O)O)C3)c2c1cnn2[C@@H](C)c1ccc(OC(F)F)cc1. The smallest absolute Gasteiger partial charge is 0.387 e. The van der Waals surface area contributed by atoms with E-state index in [1.807, 2.05) is 13.0 Å². The second-order valence-electron chi connectivity index (χ2n) is 10.0. The van der Waals surface area contributed by atoms with Crippen LogP contribution in [0, 0.1) is 23.2 Å². The lowest BCUT2D eigenvalue weighted by atomic mass is 9.50. The van der Waals surface area contributed by atoms with Crippen molar-refractivity contribution in [3.8, 4) is 17.6 Å². The zero-order valence-electron chi connectivity index (χ0n) is 20.5. The van der Waals surface area contributed by atoms with Gasteiger partial charge < -0.3 is 15.2 Å². The first-order valence-electron chi connectivity index (χ1n) is 12.2. The van der Waals surface area contributed by atoms with Crippen LogP contribution in [0.5, 0.6) is 5.75 Å². The van der Waals surface area contributed by atoms with E-state index >= 15 is 0 Å². The lowest BCUT2D eigenvalue weighted by Crippen LogP contribution is -2.57. The van der Waals surface area contributed by atoms with E-state index in [0.717, 1.165) is 29.4 Å². The number of hydrogen-bond donors (Lipinski definition) is 2. The molecular formula is C28H27F2N3O4. The molecule has 0 bridgehead atoms. The number of aromatic nitrogens is 2. The zero-order chi connectivity index (χ0) is 26.3. The van der Waals surface area contributed by atoms with E-state index in [4.69, 9.17) is 5.11 Å². The van der Waals surface area contributed by atoms with Gasteiger partial charge in [0.1, 0.15) is 5.75 Å². The molecule has 1 atom stereocenters. The monoisotopic (exact) mass is 507 g/mol. The van der Waals surface area contributed by atoms with E-state index in [2.05, 4.69) is 27.0 Å². The summed E-state index contributed by atoms with van der Waals surface area (Å²) in [5, 5.41) is 17.6. The molecule has 2 fully saturated rings. The van der Waals surface area contributed by atoms with Crippen molar-refractivity contribution in [2.24, 2.45) is 11.3 Å². The van der Waals surface area contributed by atoms with E-state index in [0.29, 0.717) is 23.9 Å². The van der Waals surface area contributed by atoms with E-state index in [-0.39, 0.29) is 35.1 Å². The fourth-order valence-corrected chi connectivity index (χ4v) is 5.80. The van der Waals surface area contributed by atoms with Crippen LogP contribution < -0.4 is 10.1 Å². The van der Waals surface area contributed by atoms with Gasteiger partial charge in [0.15, 0.2) is 0 Å². The molecule has 2 saturated carbocycles. The average Bonchev–Trinajstić information content (AvgIpc) is 3.25. The van der Waals surface area contributed by atoms with Gasteiger partial charge in [-0.3, -0.25) is 14.3 Å². The van der Waals surface area contributed by atoms with Gasteiger partial charge in [-0.15, -0.1) is 5.92 Å². The van der Waals surface area contributed by atoms with E-state index in [1.54, 1.807) is 36.0 Å². The molecule has 2 aromatic carbocycles. The molecule has 0 aliphatic heterocycles. The van der Waals surface area contributed by atoms with Crippen molar-refractivity contribution < 1.29 is 28.2 Å². The van der Waals surface area contributed by atoms with Gasteiger partial charge in [0.25, 0.3) is 5.91 Å². The van der Waals surface area contributed by atoms with E-state index in [9.17, 15) is 18.4 Å². The number of benzene rings is 2. The molecule has 1 spiro atoms. The predicted octanol–water partition coefficient (Wildman–Crippen LogP) is 4.99.